The Morgan fingerprint density at radius 2 is 1.77 bits per heavy atom. The fraction of sp³-hybridized carbons (Fsp3) is 0.591. The Hall–Kier alpha value is -2.50. The molecular weight excluding hydrogens is 543 g/mol. The number of amides is 1. The van der Waals surface area contributed by atoms with Gasteiger partial charge in [0.05, 0.1) is 45.8 Å². The number of rotatable bonds is 15. The second-order valence-electron chi connectivity index (χ2n) is 8.60. The number of aromatic nitrogens is 3. The highest BCUT2D eigenvalue weighted by molar-refractivity contribution is 7.51. The van der Waals surface area contributed by atoms with Crippen LogP contribution in [0.3, 0.4) is 0 Å². The van der Waals surface area contributed by atoms with Crippen LogP contribution in [0, 0.1) is 0 Å². The van der Waals surface area contributed by atoms with E-state index in [0.717, 1.165) is 6.66 Å². The lowest BCUT2D eigenvalue weighted by Crippen LogP contribution is -2.60. The van der Waals surface area contributed by atoms with Crippen LogP contribution in [0.1, 0.15) is 5.69 Å². The minimum atomic E-state index is -3.51. The summed E-state index contributed by atoms with van der Waals surface area (Å²) in [7, 11) is -3.51. The number of hydrogen-bond donors (Lipinski definition) is 6. The predicted molar refractivity (Wildman–Crippen MR) is 132 cm³/mol. The van der Waals surface area contributed by atoms with E-state index in [9.17, 15) is 29.8 Å². The van der Waals surface area contributed by atoms with Crippen molar-refractivity contribution >= 4 is 19.2 Å². The molecule has 6 atom stereocenters. The van der Waals surface area contributed by atoms with Crippen molar-refractivity contribution < 1.29 is 58.2 Å². The summed E-state index contributed by atoms with van der Waals surface area (Å²) in [6.45, 7) is 1.24. The van der Waals surface area contributed by atoms with Gasteiger partial charge >= 0.3 is 7.60 Å². The highest BCUT2D eigenvalue weighted by atomic mass is 31.2. The number of aliphatic hydroxyl groups is 4. The maximum atomic E-state index is 12.4. The number of nitrogens with zero attached hydrogens (tertiary/aromatic N) is 3. The number of aliphatic hydroxyl groups excluding tert-OH is 4. The first-order valence-corrected chi connectivity index (χ1v) is 13.9. The summed E-state index contributed by atoms with van der Waals surface area (Å²) in [5, 5.41) is 49.6. The van der Waals surface area contributed by atoms with E-state index in [1.165, 1.54) is 16.8 Å². The fourth-order valence-electron chi connectivity index (χ4n) is 3.41. The number of carbonyl (C=O) groups is 1. The third-order valence-corrected chi connectivity index (χ3v) is 5.97. The minimum Gasteiger partial charge on any atom is -0.462 e. The van der Waals surface area contributed by atoms with Gasteiger partial charge in [0.15, 0.2) is 0 Å². The summed E-state index contributed by atoms with van der Waals surface area (Å²) in [5.41, 5.74) is 0.962. The number of hydrogen-bond acceptors (Lipinski definition) is 13. The fourth-order valence-corrected chi connectivity index (χ4v) is 3.82. The van der Waals surface area contributed by atoms with Crippen LogP contribution in [-0.2, 0) is 41.2 Å². The molecular formula is C22H33N4O12P. The molecule has 0 saturated carbocycles. The van der Waals surface area contributed by atoms with Crippen LogP contribution in [0.15, 0.2) is 30.5 Å². The summed E-state index contributed by atoms with van der Waals surface area (Å²) < 4.78 is 38.4. The molecule has 1 aliphatic heterocycles. The smallest absolute Gasteiger partial charge is 0.325 e. The zero-order valence-electron chi connectivity index (χ0n) is 21.1. The first kappa shape index (κ1) is 31.0. The van der Waals surface area contributed by atoms with E-state index in [0.29, 0.717) is 11.4 Å². The van der Waals surface area contributed by atoms with Gasteiger partial charge in [0.2, 0.25) is 12.2 Å². The normalized spacial score (nSPS) is 24.7. The molecule has 0 spiro atoms. The monoisotopic (exact) mass is 576 g/mol. The molecule has 1 amide bonds. The number of benzene rings is 1. The SMILES string of the molecule is CP(=O)(O)OCCOCCOCc1cn(CC(=O)Nc2ccc(O[C@@H]3OC(CO)[C@H](O)C(O)C3O)cc2)nn1. The Morgan fingerprint density at radius 1 is 1.08 bits per heavy atom. The van der Waals surface area contributed by atoms with Crippen LogP contribution >= 0.6 is 7.60 Å². The average molecular weight is 576 g/mol. The van der Waals surface area contributed by atoms with E-state index in [1.807, 2.05) is 0 Å². The van der Waals surface area contributed by atoms with Gasteiger partial charge in [-0.25, -0.2) is 4.68 Å². The van der Waals surface area contributed by atoms with Crippen molar-refractivity contribution in [2.45, 2.75) is 43.9 Å². The maximum absolute atomic E-state index is 12.4. The van der Waals surface area contributed by atoms with E-state index in [1.54, 1.807) is 18.3 Å². The molecule has 1 fully saturated rings. The van der Waals surface area contributed by atoms with Crippen molar-refractivity contribution in [1.82, 2.24) is 15.0 Å². The highest BCUT2D eigenvalue weighted by Gasteiger charge is 2.44. The third-order valence-electron chi connectivity index (χ3n) is 5.31. The van der Waals surface area contributed by atoms with E-state index < -0.39 is 44.9 Å². The molecule has 0 aliphatic carbocycles. The van der Waals surface area contributed by atoms with E-state index in [2.05, 4.69) is 20.2 Å². The average Bonchev–Trinajstić information content (AvgIpc) is 3.33. The molecule has 16 nitrogen and oxygen atoms in total. The van der Waals surface area contributed by atoms with Crippen LogP contribution in [0.4, 0.5) is 5.69 Å². The maximum Gasteiger partial charge on any atom is 0.325 e. The van der Waals surface area contributed by atoms with E-state index in [4.69, 9.17) is 23.8 Å². The molecule has 1 aliphatic rings. The van der Waals surface area contributed by atoms with E-state index in [-0.39, 0.29) is 51.2 Å². The molecule has 1 saturated heterocycles. The van der Waals surface area contributed by atoms with Crippen molar-refractivity contribution in [2.24, 2.45) is 0 Å². The Morgan fingerprint density at radius 3 is 2.46 bits per heavy atom. The summed E-state index contributed by atoms with van der Waals surface area (Å²) in [4.78, 5) is 21.4. The summed E-state index contributed by atoms with van der Waals surface area (Å²) in [6.07, 6.45) is -5.42. The lowest BCUT2D eigenvalue weighted by atomic mass is 9.99. The standard InChI is InChI=1S/C22H33N4O12P/c1-39(32,33)36-9-8-34-6-7-35-13-15-10-26(25-24-15)11-18(28)23-14-2-4-16(5-3-14)37-22-21(31)20(30)19(29)17(12-27)38-22/h2-5,10,17,19-22,27,29-31H,6-9,11-13H2,1H3,(H,23,28)(H,32,33)/t17?,19-,20?,21?,22+/m0/s1. The van der Waals surface area contributed by atoms with Gasteiger partial charge in [-0.2, -0.15) is 0 Å². The molecule has 6 N–H and O–H groups in total. The molecule has 1 aromatic carbocycles. The summed E-state index contributed by atoms with van der Waals surface area (Å²) in [6, 6.07) is 6.12. The van der Waals surface area contributed by atoms with Crippen LogP contribution in [0.5, 0.6) is 5.75 Å². The third kappa shape index (κ3) is 10.2. The molecule has 1 aromatic heterocycles. The van der Waals surface area contributed by atoms with Gasteiger partial charge in [-0.3, -0.25) is 9.36 Å². The molecule has 2 heterocycles. The van der Waals surface area contributed by atoms with Gasteiger partial charge < -0.3 is 54.1 Å². The first-order chi connectivity index (χ1) is 18.6. The number of ether oxygens (including phenoxy) is 4. The quantitative estimate of drug-likeness (QED) is 0.104. The molecule has 2 aromatic rings. The minimum absolute atomic E-state index is 0.000731. The number of nitrogens with one attached hydrogen (secondary N) is 1. The van der Waals surface area contributed by atoms with Gasteiger partial charge in [0.1, 0.15) is 42.4 Å². The van der Waals surface area contributed by atoms with Gasteiger partial charge in [-0.05, 0) is 24.3 Å². The van der Waals surface area contributed by atoms with Crippen molar-refractivity contribution in [3.63, 3.8) is 0 Å². The van der Waals surface area contributed by atoms with Gasteiger partial charge in [-0.1, -0.05) is 5.21 Å². The summed E-state index contributed by atoms with van der Waals surface area (Å²) >= 11 is 0. The topological polar surface area (TPSA) is 224 Å². The van der Waals surface area contributed by atoms with Crippen LogP contribution in [-0.4, -0.2) is 117 Å². The van der Waals surface area contributed by atoms with Gasteiger partial charge in [0.25, 0.3) is 0 Å². The highest BCUT2D eigenvalue weighted by Crippen LogP contribution is 2.35. The zero-order valence-corrected chi connectivity index (χ0v) is 22.0. The second-order valence-corrected chi connectivity index (χ2v) is 10.5. The van der Waals surface area contributed by atoms with Gasteiger partial charge in [-0.15, -0.1) is 5.10 Å². The zero-order chi connectivity index (χ0) is 28.4. The molecule has 0 radical (unpaired) electrons. The van der Waals surface area contributed by atoms with Crippen molar-refractivity contribution in [3.8, 4) is 5.75 Å². The Balaban J connectivity index is 1.36. The first-order valence-electron chi connectivity index (χ1n) is 11.9. The predicted octanol–water partition coefficient (Wildman–Crippen LogP) is -1.54. The molecule has 218 valence electrons. The van der Waals surface area contributed by atoms with Gasteiger partial charge in [0, 0.05) is 12.4 Å². The molecule has 17 heteroatoms. The summed E-state index contributed by atoms with van der Waals surface area (Å²) in [5.74, 6) is -0.112. The van der Waals surface area contributed by atoms with Crippen molar-refractivity contribution in [3.05, 3.63) is 36.2 Å². The molecule has 3 rings (SSSR count). The second kappa shape index (κ2) is 14.8. The van der Waals surface area contributed by atoms with Crippen molar-refractivity contribution in [1.29, 1.82) is 0 Å². The largest absolute Gasteiger partial charge is 0.462 e. The van der Waals surface area contributed by atoms with Crippen LogP contribution in [0.2, 0.25) is 0 Å². The lowest BCUT2D eigenvalue weighted by Gasteiger charge is -2.39. The van der Waals surface area contributed by atoms with Crippen molar-refractivity contribution in [2.75, 3.05) is 45.0 Å². The Kier molecular flexibility index (Phi) is 11.7. The number of anilines is 1. The van der Waals surface area contributed by atoms with E-state index >= 15 is 0 Å². The Labute approximate surface area is 223 Å². The lowest BCUT2D eigenvalue weighted by molar-refractivity contribution is -0.277. The van der Waals surface area contributed by atoms with Crippen LogP contribution in [0.25, 0.3) is 0 Å². The number of carbonyl (C=O) groups excluding carboxylic acids is 1. The Bertz CT molecular complexity index is 1080. The molecule has 4 unspecified atom stereocenters. The molecule has 0 bridgehead atoms. The molecule has 39 heavy (non-hydrogen) atoms. The van der Waals surface area contributed by atoms with Crippen LogP contribution < -0.4 is 10.1 Å².